The van der Waals surface area contributed by atoms with Gasteiger partial charge in [0.2, 0.25) is 0 Å². The minimum atomic E-state index is -0.551. The number of rotatable bonds is 11. The van der Waals surface area contributed by atoms with Crippen LogP contribution in [0.1, 0.15) is 101 Å². The van der Waals surface area contributed by atoms with Crippen LogP contribution in [0.4, 0.5) is 4.39 Å². The van der Waals surface area contributed by atoms with Crippen LogP contribution < -0.4 is 0 Å². The average Bonchev–Trinajstić information content (AvgIpc) is 2.93. The van der Waals surface area contributed by atoms with Gasteiger partial charge < -0.3 is 0 Å². The molecule has 0 atom stereocenters. The molecule has 0 amide bonds. The molecule has 188 valence electrons. The molecule has 3 nitrogen and oxygen atoms in total. The van der Waals surface area contributed by atoms with E-state index in [1.165, 1.54) is 94.7 Å². The monoisotopic (exact) mass is 483 g/mol. The van der Waals surface area contributed by atoms with Crippen molar-refractivity contribution in [2.75, 3.05) is 0 Å². The van der Waals surface area contributed by atoms with Gasteiger partial charge in [-0.05, 0) is 66.8 Å². The van der Waals surface area contributed by atoms with E-state index in [1.54, 1.807) is 18.5 Å². The molecule has 4 heteroatoms. The van der Waals surface area contributed by atoms with Gasteiger partial charge in [-0.25, -0.2) is 14.4 Å². The van der Waals surface area contributed by atoms with Crippen molar-refractivity contribution in [3.8, 4) is 28.6 Å². The molecular weight excluding hydrogens is 445 g/mol. The summed E-state index contributed by atoms with van der Waals surface area (Å²) in [5, 5.41) is 8.90. The van der Waals surface area contributed by atoms with Crippen molar-refractivity contribution in [1.29, 1.82) is 5.26 Å². The molecule has 36 heavy (non-hydrogen) atoms. The van der Waals surface area contributed by atoms with Gasteiger partial charge in [0.05, 0.1) is 5.56 Å². The maximum atomic E-state index is 13.9. The lowest BCUT2D eigenvalue weighted by molar-refractivity contribution is 0.302. The Morgan fingerprint density at radius 1 is 0.806 bits per heavy atom. The SMILES string of the molecule is CCCCCCCCC[C@H]1CC[C@H](c2ccc(-c3cnc(-c4ccc(C#N)c(F)c4)nc3)cc2)CC1. The van der Waals surface area contributed by atoms with E-state index >= 15 is 0 Å². The fourth-order valence-electron chi connectivity index (χ4n) is 5.49. The maximum absolute atomic E-state index is 13.9. The zero-order chi connectivity index (χ0) is 25.2. The average molecular weight is 484 g/mol. The van der Waals surface area contributed by atoms with Crippen LogP contribution in [0.15, 0.2) is 54.9 Å². The highest BCUT2D eigenvalue weighted by Gasteiger charge is 2.22. The minimum Gasteiger partial charge on any atom is -0.236 e. The molecule has 0 N–H and O–H groups in total. The summed E-state index contributed by atoms with van der Waals surface area (Å²) >= 11 is 0. The molecule has 1 aromatic heterocycles. The first-order valence-corrected chi connectivity index (χ1v) is 13.8. The number of benzene rings is 2. The molecule has 0 bridgehead atoms. The molecule has 1 aliphatic rings. The Kier molecular flexibility index (Phi) is 9.61. The van der Waals surface area contributed by atoms with Crippen LogP contribution >= 0.6 is 0 Å². The first-order chi connectivity index (χ1) is 17.7. The number of nitriles is 1. The van der Waals surface area contributed by atoms with Crippen molar-refractivity contribution >= 4 is 0 Å². The second kappa shape index (κ2) is 13.3. The molecule has 1 saturated carbocycles. The molecule has 2 aromatic carbocycles. The quantitative estimate of drug-likeness (QED) is 0.255. The number of hydrogen-bond acceptors (Lipinski definition) is 3. The summed E-state index contributed by atoms with van der Waals surface area (Å²) in [5.41, 5.74) is 4.06. The molecule has 1 heterocycles. The van der Waals surface area contributed by atoms with E-state index in [1.807, 2.05) is 6.07 Å². The molecule has 3 aromatic rings. The second-order valence-electron chi connectivity index (χ2n) is 10.4. The van der Waals surface area contributed by atoms with Crippen molar-refractivity contribution in [1.82, 2.24) is 9.97 Å². The Balaban J connectivity index is 1.25. The van der Waals surface area contributed by atoms with Gasteiger partial charge in [0.15, 0.2) is 5.82 Å². The fraction of sp³-hybridized carbons (Fsp3) is 0.469. The number of hydrogen-bond donors (Lipinski definition) is 0. The highest BCUT2D eigenvalue weighted by atomic mass is 19.1. The highest BCUT2D eigenvalue weighted by molar-refractivity contribution is 5.64. The first kappa shape index (κ1) is 26.0. The van der Waals surface area contributed by atoms with E-state index in [4.69, 9.17) is 5.26 Å². The Morgan fingerprint density at radius 3 is 2.08 bits per heavy atom. The van der Waals surface area contributed by atoms with E-state index < -0.39 is 5.82 Å². The lowest BCUT2D eigenvalue weighted by atomic mass is 9.77. The predicted octanol–water partition coefficient (Wildman–Crippen LogP) is 9.24. The molecule has 0 saturated heterocycles. The van der Waals surface area contributed by atoms with Crippen LogP contribution in [0.2, 0.25) is 0 Å². The van der Waals surface area contributed by atoms with Gasteiger partial charge in [-0.1, -0.05) is 82.6 Å². The van der Waals surface area contributed by atoms with Gasteiger partial charge >= 0.3 is 0 Å². The summed E-state index contributed by atoms with van der Waals surface area (Å²) in [5.74, 6) is 1.50. The largest absolute Gasteiger partial charge is 0.236 e. The molecule has 0 aliphatic heterocycles. The van der Waals surface area contributed by atoms with Crippen LogP contribution in [-0.2, 0) is 0 Å². The molecule has 0 unspecified atom stereocenters. The van der Waals surface area contributed by atoms with Crippen molar-refractivity contribution in [3.05, 3.63) is 71.8 Å². The first-order valence-electron chi connectivity index (χ1n) is 13.8. The third-order valence-corrected chi connectivity index (χ3v) is 7.78. The Bertz CT molecular complexity index is 1120. The van der Waals surface area contributed by atoms with Crippen LogP contribution in [0.5, 0.6) is 0 Å². The predicted molar refractivity (Wildman–Crippen MR) is 145 cm³/mol. The van der Waals surface area contributed by atoms with Gasteiger partial charge in [-0.15, -0.1) is 0 Å². The molecule has 4 rings (SSSR count). The minimum absolute atomic E-state index is 0.0251. The van der Waals surface area contributed by atoms with Gasteiger partial charge in [0.25, 0.3) is 0 Å². The highest BCUT2D eigenvalue weighted by Crippen LogP contribution is 2.38. The zero-order valence-electron chi connectivity index (χ0n) is 21.6. The van der Waals surface area contributed by atoms with Crippen molar-refractivity contribution < 1.29 is 4.39 Å². The van der Waals surface area contributed by atoms with E-state index in [-0.39, 0.29) is 5.56 Å². The smallest absolute Gasteiger partial charge is 0.159 e. The lowest BCUT2D eigenvalue weighted by Gasteiger charge is -2.29. The lowest BCUT2D eigenvalue weighted by Crippen LogP contribution is -2.13. The van der Waals surface area contributed by atoms with Crippen molar-refractivity contribution in [2.45, 2.75) is 89.9 Å². The summed E-state index contributed by atoms with van der Waals surface area (Å²) < 4.78 is 13.9. The second-order valence-corrected chi connectivity index (χ2v) is 10.4. The number of nitrogens with zero attached hydrogens (tertiary/aromatic N) is 3. The van der Waals surface area contributed by atoms with Crippen molar-refractivity contribution in [3.63, 3.8) is 0 Å². The molecule has 1 fully saturated rings. The summed E-state index contributed by atoms with van der Waals surface area (Å²) in [7, 11) is 0. The van der Waals surface area contributed by atoms with Crippen LogP contribution in [0, 0.1) is 23.1 Å². The summed E-state index contributed by atoms with van der Waals surface area (Å²) in [6, 6.07) is 15.1. The topological polar surface area (TPSA) is 49.6 Å². The number of unbranched alkanes of at least 4 members (excludes halogenated alkanes) is 6. The third kappa shape index (κ3) is 7.00. The van der Waals surface area contributed by atoms with E-state index in [9.17, 15) is 4.39 Å². The summed E-state index contributed by atoms with van der Waals surface area (Å²) in [4.78, 5) is 8.86. The molecule has 0 radical (unpaired) electrons. The summed E-state index contributed by atoms with van der Waals surface area (Å²) in [6.45, 7) is 2.28. The van der Waals surface area contributed by atoms with Gasteiger partial charge in [0, 0.05) is 23.5 Å². The normalized spacial score (nSPS) is 17.6. The summed E-state index contributed by atoms with van der Waals surface area (Å²) in [6.07, 6.45) is 20.1. The van der Waals surface area contributed by atoms with Crippen LogP contribution in [0.3, 0.4) is 0 Å². The zero-order valence-corrected chi connectivity index (χ0v) is 21.6. The Morgan fingerprint density at radius 2 is 1.44 bits per heavy atom. The van der Waals surface area contributed by atoms with Gasteiger partial charge in [-0.3, -0.25) is 0 Å². The Labute approximate surface area is 215 Å². The van der Waals surface area contributed by atoms with Crippen LogP contribution in [-0.4, -0.2) is 9.97 Å². The van der Waals surface area contributed by atoms with E-state index in [2.05, 4.69) is 41.2 Å². The Hall–Kier alpha value is -3.06. The fourth-order valence-corrected chi connectivity index (χ4v) is 5.49. The number of halogens is 1. The molecule has 1 aliphatic carbocycles. The van der Waals surface area contributed by atoms with E-state index in [0.29, 0.717) is 17.3 Å². The third-order valence-electron chi connectivity index (χ3n) is 7.78. The number of aromatic nitrogens is 2. The molecule has 0 spiro atoms. The molecular formula is C32H38FN3. The maximum Gasteiger partial charge on any atom is 0.159 e. The van der Waals surface area contributed by atoms with E-state index in [0.717, 1.165) is 17.0 Å². The van der Waals surface area contributed by atoms with Crippen molar-refractivity contribution in [2.24, 2.45) is 5.92 Å². The van der Waals surface area contributed by atoms with Gasteiger partial charge in [0.1, 0.15) is 11.9 Å². The van der Waals surface area contributed by atoms with Crippen LogP contribution in [0.25, 0.3) is 22.5 Å². The van der Waals surface area contributed by atoms with Gasteiger partial charge in [-0.2, -0.15) is 5.26 Å². The standard InChI is InChI=1S/C32H38FN3/c1-2-3-4-5-6-7-8-9-24-10-12-25(13-11-24)26-14-16-27(17-15-26)30-22-35-32(36-23-30)28-18-19-29(21-34)31(33)20-28/h14-20,22-25H,2-13H2,1H3/t24-,25-.